The Labute approximate surface area is 104 Å². The van der Waals surface area contributed by atoms with E-state index in [0.717, 1.165) is 32.4 Å². The third-order valence-electron chi connectivity index (χ3n) is 4.89. The lowest BCUT2D eigenvalue weighted by Gasteiger charge is -2.27. The molecule has 3 nitrogen and oxygen atoms in total. The molecule has 0 spiro atoms. The van der Waals surface area contributed by atoms with Crippen molar-refractivity contribution < 1.29 is 9.90 Å². The highest BCUT2D eigenvalue weighted by molar-refractivity contribution is 5.74. The van der Waals surface area contributed by atoms with E-state index in [4.69, 9.17) is 0 Å². The molecule has 3 atom stereocenters. The van der Waals surface area contributed by atoms with E-state index in [2.05, 4.69) is 18.7 Å². The van der Waals surface area contributed by atoms with Gasteiger partial charge in [0.2, 0.25) is 0 Å². The number of carbonyl (C=O) groups is 1. The first-order valence-electron chi connectivity index (χ1n) is 7.14. The second-order valence-corrected chi connectivity index (χ2v) is 5.77. The van der Waals surface area contributed by atoms with Crippen LogP contribution in [0.25, 0.3) is 0 Å². The molecule has 0 aromatic heterocycles. The first-order valence-corrected chi connectivity index (χ1v) is 7.14. The number of aliphatic carboxylic acids is 1. The van der Waals surface area contributed by atoms with Gasteiger partial charge in [0.25, 0.3) is 0 Å². The molecule has 1 aliphatic heterocycles. The van der Waals surface area contributed by atoms with Crippen LogP contribution in [0.1, 0.15) is 46.0 Å². The van der Waals surface area contributed by atoms with Crippen molar-refractivity contribution in [1.29, 1.82) is 0 Å². The van der Waals surface area contributed by atoms with Gasteiger partial charge in [0.05, 0.1) is 0 Å². The molecule has 0 aromatic rings. The molecule has 1 aliphatic carbocycles. The Morgan fingerprint density at radius 1 is 1.35 bits per heavy atom. The Kier molecular flexibility index (Phi) is 4.08. The van der Waals surface area contributed by atoms with Gasteiger partial charge in [-0.2, -0.15) is 0 Å². The summed E-state index contributed by atoms with van der Waals surface area (Å²) in [5, 5.41) is 9.45. The molecule has 0 aromatic carbocycles. The van der Waals surface area contributed by atoms with E-state index >= 15 is 0 Å². The van der Waals surface area contributed by atoms with Gasteiger partial charge < -0.3 is 5.11 Å². The second kappa shape index (κ2) is 5.38. The predicted octanol–water partition coefficient (Wildman–Crippen LogP) is 2.61. The molecule has 3 heteroatoms. The van der Waals surface area contributed by atoms with Crippen LogP contribution >= 0.6 is 0 Å². The van der Waals surface area contributed by atoms with Gasteiger partial charge in [-0.05, 0) is 30.6 Å². The van der Waals surface area contributed by atoms with E-state index in [1.165, 1.54) is 12.8 Å². The van der Waals surface area contributed by atoms with Crippen molar-refractivity contribution in [3.05, 3.63) is 0 Å². The van der Waals surface area contributed by atoms with Gasteiger partial charge in [0, 0.05) is 13.1 Å². The monoisotopic (exact) mass is 239 g/mol. The summed E-state index contributed by atoms with van der Waals surface area (Å²) in [7, 11) is 0. The van der Waals surface area contributed by atoms with Crippen molar-refractivity contribution in [3.63, 3.8) is 0 Å². The van der Waals surface area contributed by atoms with Crippen molar-refractivity contribution in [2.75, 3.05) is 13.1 Å². The minimum absolute atomic E-state index is 0.192. The molecule has 0 radical (unpaired) electrons. The zero-order valence-electron chi connectivity index (χ0n) is 11.1. The van der Waals surface area contributed by atoms with Crippen LogP contribution in [0.5, 0.6) is 0 Å². The maximum Gasteiger partial charge on any atom is 0.321 e. The molecule has 0 amide bonds. The zero-order chi connectivity index (χ0) is 12.4. The summed E-state index contributed by atoms with van der Waals surface area (Å²) in [5.74, 6) is 1.16. The lowest BCUT2D eigenvalue weighted by Crippen LogP contribution is -2.41. The number of nitrogens with zero attached hydrogens (tertiary/aromatic N) is 1. The Balaban J connectivity index is 2.03. The molecular formula is C14H25NO2. The van der Waals surface area contributed by atoms with E-state index < -0.39 is 5.97 Å². The lowest BCUT2D eigenvalue weighted by atomic mass is 9.94. The van der Waals surface area contributed by atoms with Crippen molar-refractivity contribution in [3.8, 4) is 0 Å². The normalized spacial score (nSPS) is 33.2. The maximum atomic E-state index is 11.5. The van der Waals surface area contributed by atoms with Crippen LogP contribution < -0.4 is 0 Å². The second-order valence-electron chi connectivity index (χ2n) is 5.77. The highest BCUT2D eigenvalue weighted by Crippen LogP contribution is 2.42. The number of carboxylic acid groups (broad SMARTS) is 1. The first kappa shape index (κ1) is 12.9. The molecule has 98 valence electrons. The molecule has 2 rings (SSSR count). The van der Waals surface area contributed by atoms with Gasteiger partial charge in [0.1, 0.15) is 6.04 Å². The Morgan fingerprint density at radius 2 is 2.06 bits per heavy atom. The maximum absolute atomic E-state index is 11.5. The van der Waals surface area contributed by atoms with Crippen LogP contribution in [0.2, 0.25) is 0 Å². The molecule has 2 fully saturated rings. The Hall–Kier alpha value is -0.570. The highest BCUT2D eigenvalue weighted by atomic mass is 16.4. The van der Waals surface area contributed by atoms with E-state index in [1.807, 2.05) is 0 Å². The molecule has 1 saturated heterocycles. The summed E-state index contributed by atoms with van der Waals surface area (Å²) in [6.07, 6.45) is 5.93. The van der Waals surface area contributed by atoms with Gasteiger partial charge in [0.15, 0.2) is 0 Å². The summed E-state index contributed by atoms with van der Waals surface area (Å²) in [6, 6.07) is -0.192. The summed E-state index contributed by atoms with van der Waals surface area (Å²) < 4.78 is 0. The molecular weight excluding hydrogens is 214 g/mol. The van der Waals surface area contributed by atoms with Crippen LogP contribution in [0.4, 0.5) is 0 Å². The first-order chi connectivity index (χ1) is 8.17. The average molecular weight is 239 g/mol. The van der Waals surface area contributed by atoms with E-state index in [0.29, 0.717) is 17.8 Å². The van der Waals surface area contributed by atoms with Crippen LogP contribution in [0.3, 0.4) is 0 Å². The Morgan fingerprint density at radius 3 is 2.65 bits per heavy atom. The van der Waals surface area contributed by atoms with Crippen LogP contribution in [-0.2, 0) is 4.79 Å². The number of hydrogen-bond acceptors (Lipinski definition) is 2. The van der Waals surface area contributed by atoms with Crippen molar-refractivity contribution >= 4 is 5.97 Å². The summed E-state index contributed by atoms with van der Waals surface area (Å²) in [5.41, 5.74) is 0. The van der Waals surface area contributed by atoms with Gasteiger partial charge >= 0.3 is 5.97 Å². The quantitative estimate of drug-likeness (QED) is 0.801. The standard InChI is InChI=1S/C14H25NO2/c1-3-10(4-2)8-15-9-11-6-5-7-12(11)13(15)14(16)17/h10-13H,3-9H2,1-2H3,(H,16,17). The van der Waals surface area contributed by atoms with E-state index in [9.17, 15) is 9.90 Å². The molecule has 0 bridgehead atoms. The van der Waals surface area contributed by atoms with Gasteiger partial charge in [-0.1, -0.05) is 33.1 Å². The molecule has 17 heavy (non-hydrogen) atoms. The smallest absolute Gasteiger partial charge is 0.321 e. The summed E-state index contributed by atoms with van der Waals surface area (Å²) in [4.78, 5) is 13.7. The molecule has 1 saturated carbocycles. The number of rotatable bonds is 5. The minimum Gasteiger partial charge on any atom is -0.480 e. The number of hydrogen-bond donors (Lipinski definition) is 1. The fraction of sp³-hybridized carbons (Fsp3) is 0.929. The molecule has 1 heterocycles. The van der Waals surface area contributed by atoms with Crippen LogP contribution in [0.15, 0.2) is 0 Å². The SMILES string of the molecule is CCC(CC)CN1CC2CCCC2C1C(=O)O. The largest absolute Gasteiger partial charge is 0.480 e. The molecule has 1 N–H and O–H groups in total. The minimum atomic E-state index is -0.592. The van der Waals surface area contributed by atoms with Gasteiger partial charge in [-0.15, -0.1) is 0 Å². The fourth-order valence-corrected chi connectivity index (χ4v) is 3.80. The topological polar surface area (TPSA) is 40.5 Å². The number of carboxylic acids is 1. The summed E-state index contributed by atoms with van der Waals surface area (Å²) >= 11 is 0. The van der Waals surface area contributed by atoms with Gasteiger partial charge in [-0.25, -0.2) is 0 Å². The number of likely N-dealkylation sites (tertiary alicyclic amines) is 1. The van der Waals surface area contributed by atoms with Gasteiger partial charge in [-0.3, -0.25) is 9.69 Å². The Bertz CT molecular complexity index is 275. The van der Waals surface area contributed by atoms with Crippen LogP contribution in [0, 0.1) is 17.8 Å². The third-order valence-corrected chi connectivity index (χ3v) is 4.89. The lowest BCUT2D eigenvalue weighted by molar-refractivity contribution is -0.143. The molecule has 2 aliphatic rings. The van der Waals surface area contributed by atoms with Crippen molar-refractivity contribution in [2.24, 2.45) is 17.8 Å². The number of fused-ring (bicyclic) bond motifs is 1. The van der Waals surface area contributed by atoms with Crippen LogP contribution in [-0.4, -0.2) is 35.1 Å². The fourth-order valence-electron chi connectivity index (χ4n) is 3.80. The highest BCUT2D eigenvalue weighted by Gasteiger charge is 2.47. The molecule has 3 unspecified atom stereocenters. The zero-order valence-corrected chi connectivity index (χ0v) is 11.1. The van der Waals surface area contributed by atoms with Crippen molar-refractivity contribution in [1.82, 2.24) is 4.90 Å². The summed E-state index contributed by atoms with van der Waals surface area (Å²) in [6.45, 7) is 6.43. The van der Waals surface area contributed by atoms with Crippen molar-refractivity contribution in [2.45, 2.75) is 52.0 Å². The third kappa shape index (κ3) is 2.49. The van der Waals surface area contributed by atoms with E-state index in [-0.39, 0.29) is 6.04 Å². The average Bonchev–Trinajstić information content (AvgIpc) is 2.84. The predicted molar refractivity (Wildman–Crippen MR) is 67.9 cm³/mol. The van der Waals surface area contributed by atoms with E-state index in [1.54, 1.807) is 0 Å².